The quantitative estimate of drug-likeness (QED) is 0.821. The van der Waals surface area contributed by atoms with E-state index < -0.39 is 0 Å². The van der Waals surface area contributed by atoms with E-state index in [9.17, 15) is 4.79 Å². The standard InChI is InChI=1S/C19H25N3O4/c1-19(2,3)22-16-8-7-12(11-20-16)18(23)21-13-9-14(24-4)17(26-6)15(10-13)25-5/h7-11H,1-6H3,(H,20,22)(H,21,23). The predicted octanol–water partition coefficient (Wildman–Crippen LogP) is 3.57. The Morgan fingerprint density at radius 2 is 1.62 bits per heavy atom. The molecule has 7 nitrogen and oxygen atoms in total. The lowest BCUT2D eigenvalue weighted by Gasteiger charge is -2.21. The molecule has 0 saturated heterocycles. The van der Waals surface area contributed by atoms with Crippen LogP contribution in [0.2, 0.25) is 0 Å². The summed E-state index contributed by atoms with van der Waals surface area (Å²) in [6.45, 7) is 6.12. The summed E-state index contributed by atoms with van der Waals surface area (Å²) < 4.78 is 15.9. The summed E-state index contributed by atoms with van der Waals surface area (Å²) in [6.07, 6.45) is 1.53. The Bertz CT molecular complexity index is 742. The normalized spacial score (nSPS) is 10.8. The van der Waals surface area contributed by atoms with Crippen LogP contribution in [0.3, 0.4) is 0 Å². The first-order valence-electron chi connectivity index (χ1n) is 8.13. The van der Waals surface area contributed by atoms with Crippen LogP contribution in [0.15, 0.2) is 30.5 Å². The van der Waals surface area contributed by atoms with E-state index in [2.05, 4.69) is 15.6 Å². The van der Waals surface area contributed by atoms with Gasteiger partial charge < -0.3 is 24.8 Å². The van der Waals surface area contributed by atoms with E-state index in [4.69, 9.17) is 14.2 Å². The number of rotatable bonds is 6. The molecule has 26 heavy (non-hydrogen) atoms. The zero-order valence-electron chi connectivity index (χ0n) is 16.0. The van der Waals surface area contributed by atoms with Crippen molar-refractivity contribution in [2.45, 2.75) is 26.3 Å². The van der Waals surface area contributed by atoms with Crippen LogP contribution in [0.4, 0.5) is 11.5 Å². The van der Waals surface area contributed by atoms with Gasteiger partial charge in [-0.25, -0.2) is 4.98 Å². The third kappa shape index (κ3) is 4.78. The van der Waals surface area contributed by atoms with Gasteiger partial charge in [0.1, 0.15) is 5.82 Å². The molecule has 0 aliphatic heterocycles. The lowest BCUT2D eigenvalue weighted by Crippen LogP contribution is -2.26. The number of carbonyl (C=O) groups excluding carboxylic acids is 1. The molecule has 140 valence electrons. The van der Waals surface area contributed by atoms with Gasteiger partial charge in [0, 0.05) is 29.6 Å². The summed E-state index contributed by atoms with van der Waals surface area (Å²) in [5, 5.41) is 6.06. The molecule has 2 rings (SSSR count). The molecule has 0 atom stereocenters. The fraction of sp³-hybridized carbons (Fsp3) is 0.368. The van der Waals surface area contributed by atoms with E-state index in [1.54, 1.807) is 24.3 Å². The second kappa shape index (κ2) is 7.95. The molecule has 1 aromatic heterocycles. The van der Waals surface area contributed by atoms with Crippen molar-refractivity contribution in [2.75, 3.05) is 32.0 Å². The van der Waals surface area contributed by atoms with Crippen LogP contribution >= 0.6 is 0 Å². The van der Waals surface area contributed by atoms with Gasteiger partial charge in [-0.2, -0.15) is 0 Å². The number of anilines is 2. The van der Waals surface area contributed by atoms with E-state index in [1.165, 1.54) is 27.5 Å². The Kier molecular flexibility index (Phi) is 5.92. The number of hydrogen-bond acceptors (Lipinski definition) is 6. The van der Waals surface area contributed by atoms with E-state index in [0.717, 1.165) is 0 Å². The molecule has 2 N–H and O–H groups in total. The van der Waals surface area contributed by atoms with Gasteiger partial charge in [0.25, 0.3) is 5.91 Å². The highest BCUT2D eigenvalue weighted by Crippen LogP contribution is 2.40. The number of carbonyl (C=O) groups is 1. The molecule has 1 amide bonds. The number of nitrogens with zero attached hydrogens (tertiary/aromatic N) is 1. The van der Waals surface area contributed by atoms with Gasteiger partial charge in [-0.1, -0.05) is 0 Å². The Morgan fingerprint density at radius 1 is 1.00 bits per heavy atom. The molecule has 0 bridgehead atoms. The number of nitrogens with one attached hydrogen (secondary N) is 2. The number of pyridine rings is 1. The second-order valence-electron chi connectivity index (χ2n) is 6.68. The number of ether oxygens (including phenoxy) is 3. The van der Waals surface area contributed by atoms with Crippen LogP contribution in [0, 0.1) is 0 Å². The van der Waals surface area contributed by atoms with Crippen LogP contribution in [-0.4, -0.2) is 37.8 Å². The predicted molar refractivity (Wildman–Crippen MR) is 102 cm³/mol. The minimum Gasteiger partial charge on any atom is -0.493 e. The minimum atomic E-state index is -0.283. The van der Waals surface area contributed by atoms with Crippen LogP contribution in [-0.2, 0) is 0 Å². The average molecular weight is 359 g/mol. The van der Waals surface area contributed by atoms with Crippen molar-refractivity contribution < 1.29 is 19.0 Å². The van der Waals surface area contributed by atoms with Gasteiger partial charge in [0.2, 0.25) is 5.75 Å². The fourth-order valence-corrected chi connectivity index (χ4v) is 2.34. The van der Waals surface area contributed by atoms with Gasteiger partial charge in [-0.15, -0.1) is 0 Å². The Labute approximate surface area is 153 Å². The minimum absolute atomic E-state index is 0.104. The van der Waals surface area contributed by atoms with Crippen molar-refractivity contribution in [3.63, 3.8) is 0 Å². The Hall–Kier alpha value is -2.96. The highest BCUT2D eigenvalue weighted by molar-refractivity contribution is 6.04. The van der Waals surface area contributed by atoms with Crippen LogP contribution in [0.25, 0.3) is 0 Å². The lowest BCUT2D eigenvalue weighted by molar-refractivity contribution is 0.102. The zero-order chi connectivity index (χ0) is 19.3. The number of methoxy groups -OCH3 is 3. The maximum absolute atomic E-state index is 12.5. The van der Waals surface area contributed by atoms with Crippen LogP contribution in [0.1, 0.15) is 31.1 Å². The molecule has 7 heteroatoms. The van der Waals surface area contributed by atoms with Crippen molar-refractivity contribution >= 4 is 17.4 Å². The Balaban J connectivity index is 2.19. The first-order chi connectivity index (χ1) is 12.3. The summed E-state index contributed by atoms with van der Waals surface area (Å²) in [5.41, 5.74) is 0.868. The van der Waals surface area contributed by atoms with Crippen LogP contribution in [0.5, 0.6) is 17.2 Å². The number of amides is 1. The summed E-state index contributed by atoms with van der Waals surface area (Å²) in [5.74, 6) is 1.82. The molecule has 0 aliphatic rings. The lowest BCUT2D eigenvalue weighted by atomic mass is 10.1. The first-order valence-corrected chi connectivity index (χ1v) is 8.13. The molecule has 0 radical (unpaired) electrons. The molecular weight excluding hydrogens is 334 g/mol. The van der Waals surface area contributed by atoms with Gasteiger partial charge in [-0.3, -0.25) is 4.79 Å². The van der Waals surface area contributed by atoms with Crippen molar-refractivity contribution in [3.05, 3.63) is 36.0 Å². The molecule has 0 fully saturated rings. The second-order valence-corrected chi connectivity index (χ2v) is 6.68. The van der Waals surface area contributed by atoms with Crippen molar-refractivity contribution in [1.82, 2.24) is 4.98 Å². The van der Waals surface area contributed by atoms with E-state index in [1.807, 2.05) is 20.8 Å². The molecule has 0 aliphatic carbocycles. The number of benzene rings is 1. The van der Waals surface area contributed by atoms with Gasteiger partial charge in [0.15, 0.2) is 11.5 Å². The summed E-state index contributed by atoms with van der Waals surface area (Å²) in [4.78, 5) is 16.8. The summed E-state index contributed by atoms with van der Waals surface area (Å²) in [7, 11) is 4.57. The van der Waals surface area contributed by atoms with E-state index >= 15 is 0 Å². The maximum Gasteiger partial charge on any atom is 0.257 e. The van der Waals surface area contributed by atoms with E-state index in [-0.39, 0.29) is 11.4 Å². The molecule has 0 spiro atoms. The largest absolute Gasteiger partial charge is 0.493 e. The van der Waals surface area contributed by atoms with E-state index in [0.29, 0.717) is 34.3 Å². The smallest absolute Gasteiger partial charge is 0.257 e. The monoisotopic (exact) mass is 359 g/mol. The Morgan fingerprint density at radius 3 is 2.04 bits per heavy atom. The highest BCUT2D eigenvalue weighted by Gasteiger charge is 2.16. The fourth-order valence-electron chi connectivity index (χ4n) is 2.34. The third-order valence-electron chi connectivity index (χ3n) is 3.45. The summed E-state index contributed by atoms with van der Waals surface area (Å²) in [6, 6.07) is 6.83. The molecule has 2 aromatic rings. The van der Waals surface area contributed by atoms with Crippen molar-refractivity contribution in [2.24, 2.45) is 0 Å². The third-order valence-corrected chi connectivity index (χ3v) is 3.45. The zero-order valence-corrected chi connectivity index (χ0v) is 16.0. The molecule has 0 unspecified atom stereocenters. The topological polar surface area (TPSA) is 81.7 Å². The SMILES string of the molecule is COc1cc(NC(=O)c2ccc(NC(C)(C)C)nc2)cc(OC)c1OC. The van der Waals surface area contributed by atoms with Gasteiger partial charge in [0.05, 0.1) is 26.9 Å². The first kappa shape index (κ1) is 19.4. The average Bonchev–Trinajstić information content (AvgIpc) is 2.59. The molecule has 1 aromatic carbocycles. The maximum atomic E-state index is 12.5. The molecular formula is C19H25N3O4. The van der Waals surface area contributed by atoms with Crippen LogP contribution < -0.4 is 24.8 Å². The summed E-state index contributed by atoms with van der Waals surface area (Å²) >= 11 is 0. The number of hydrogen-bond donors (Lipinski definition) is 2. The van der Waals surface area contributed by atoms with Crippen molar-refractivity contribution in [1.29, 1.82) is 0 Å². The highest BCUT2D eigenvalue weighted by atomic mass is 16.5. The molecule has 1 heterocycles. The van der Waals surface area contributed by atoms with Gasteiger partial charge in [-0.05, 0) is 32.9 Å². The molecule has 0 saturated carbocycles. The van der Waals surface area contributed by atoms with Gasteiger partial charge >= 0.3 is 0 Å². The van der Waals surface area contributed by atoms with Crippen molar-refractivity contribution in [3.8, 4) is 17.2 Å². The number of aromatic nitrogens is 1.